The SMILES string of the molecule is CC(C)[C@H](NC(=O)CNC(=O)CN)C(=O)NC[C@@H](O)CP(=O)(O)CC1CCCCC1. The summed E-state index contributed by atoms with van der Waals surface area (Å²) in [5, 5.41) is 17.5. The number of carbonyl (C=O) groups excluding carboxylic acids is 3. The molecule has 30 heavy (non-hydrogen) atoms. The van der Waals surface area contributed by atoms with Gasteiger partial charge >= 0.3 is 0 Å². The smallest absolute Gasteiger partial charge is 0.242 e. The molecule has 0 saturated heterocycles. The van der Waals surface area contributed by atoms with Gasteiger partial charge in [0.25, 0.3) is 0 Å². The Morgan fingerprint density at radius 1 is 1.10 bits per heavy atom. The average molecular weight is 449 g/mol. The predicted molar refractivity (Wildman–Crippen MR) is 114 cm³/mol. The van der Waals surface area contributed by atoms with Crippen LogP contribution in [-0.2, 0) is 18.9 Å². The Morgan fingerprint density at radius 2 is 1.73 bits per heavy atom. The fourth-order valence-electron chi connectivity index (χ4n) is 3.58. The van der Waals surface area contributed by atoms with E-state index in [1.54, 1.807) is 13.8 Å². The maximum Gasteiger partial charge on any atom is 0.242 e. The molecule has 0 bridgehead atoms. The molecule has 1 unspecified atom stereocenters. The van der Waals surface area contributed by atoms with Gasteiger partial charge in [0, 0.05) is 12.7 Å². The van der Waals surface area contributed by atoms with Crippen molar-refractivity contribution in [1.82, 2.24) is 16.0 Å². The molecule has 1 rings (SSSR count). The van der Waals surface area contributed by atoms with Crippen LogP contribution in [0.4, 0.5) is 0 Å². The first-order chi connectivity index (χ1) is 14.0. The molecule has 3 amide bonds. The molecule has 1 fully saturated rings. The van der Waals surface area contributed by atoms with E-state index in [0.29, 0.717) is 0 Å². The minimum atomic E-state index is -3.49. The van der Waals surface area contributed by atoms with Gasteiger partial charge in [0.05, 0.1) is 25.4 Å². The van der Waals surface area contributed by atoms with E-state index < -0.39 is 37.2 Å². The molecule has 11 heteroatoms. The average Bonchev–Trinajstić information content (AvgIpc) is 2.68. The fraction of sp³-hybridized carbons (Fsp3) is 0.842. The Labute approximate surface area is 178 Å². The standard InChI is InChI=1S/C19H37N4O6P/c1-13(2)18(23-17(26)10-21-16(25)8-20)19(27)22-9-15(24)12-30(28,29)11-14-6-4-3-5-7-14/h13-15,18,24H,3-12,20H2,1-2H3,(H,21,25)(H,22,27)(H,23,26)(H,28,29)/t15-,18+/m1/s1. The second-order valence-electron chi connectivity index (χ2n) is 8.38. The van der Waals surface area contributed by atoms with E-state index in [1.807, 2.05) is 0 Å². The molecule has 0 aromatic carbocycles. The highest BCUT2D eigenvalue weighted by Gasteiger charge is 2.29. The Morgan fingerprint density at radius 3 is 2.30 bits per heavy atom. The second kappa shape index (κ2) is 13.0. The van der Waals surface area contributed by atoms with Crippen LogP contribution in [-0.4, -0.2) is 71.8 Å². The lowest BCUT2D eigenvalue weighted by Crippen LogP contribution is -2.53. The molecule has 1 saturated carbocycles. The van der Waals surface area contributed by atoms with Crippen LogP contribution in [0.5, 0.6) is 0 Å². The third-order valence-corrected chi connectivity index (χ3v) is 7.25. The van der Waals surface area contributed by atoms with Crippen molar-refractivity contribution in [2.45, 2.75) is 58.1 Å². The zero-order chi connectivity index (χ0) is 22.7. The number of nitrogens with two attached hydrogens (primary N) is 1. The molecule has 1 aliphatic rings. The second-order valence-corrected chi connectivity index (χ2v) is 10.8. The number of hydrogen-bond donors (Lipinski definition) is 6. The third-order valence-electron chi connectivity index (χ3n) is 5.17. The summed E-state index contributed by atoms with van der Waals surface area (Å²) < 4.78 is 12.5. The van der Waals surface area contributed by atoms with Crippen molar-refractivity contribution in [2.24, 2.45) is 17.6 Å². The minimum absolute atomic E-state index is 0.183. The molecule has 10 nitrogen and oxygen atoms in total. The van der Waals surface area contributed by atoms with Gasteiger partial charge in [0.15, 0.2) is 0 Å². The van der Waals surface area contributed by atoms with Gasteiger partial charge in [0.1, 0.15) is 6.04 Å². The van der Waals surface area contributed by atoms with Crippen molar-refractivity contribution in [1.29, 1.82) is 0 Å². The van der Waals surface area contributed by atoms with E-state index in [1.165, 1.54) is 0 Å². The zero-order valence-corrected chi connectivity index (χ0v) is 18.8. The van der Waals surface area contributed by atoms with Crippen LogP contribution in [0.25, 0.3) is 0 Å². The largest absolute Gasteiger partial charge is 0.391 e. The van der Waals surface area contributed by atoms with Crippen molar-refractivity contribution >= 4 is 25.1 Å². The molecule has 0 radical (unpaired) electrons. The van der Waals surface area contributed by atoms with Gasteiger partial charge in [-0.25, -0.2) is 0 Å². The summed E-state index contributed by atoms with van der Waals surface area (Å²) in [6.07, 6.45) is 3.97. The molecule has 0 aromatic rings. The van der Waals surface area contributed by atoms with Gasteiger partial charge in [-0.2, -0.15) is 0 Å². The molecule has 0 spiro atoms. The molecule has 3 atom stereocenters. The van der Waals surface area contributed by atoms with Crippen LogP contribution in [0.15, 0.2) is 0 Å². The Kier molecular flexibility index (Phi) is 11.5. The first-order valence-electron chi connectivity index (χ1n) is 10.6. The fourth-order valence-corrected chi connectivity index (χ4v) is 5.69. The van der Waals surface area contributed by atoms with Gasteiger partial charge in [-0.15, -0.1) is 0 Å². The van der Waals surface area contributed by atoms with Crippen LogP contribution in [0.3, 0.4) is 0 Å². The zero-order valence-electron chi connectivity index (χ0n) is 17.9. The first kappa shape index (κ1) is 26.6. The van der Waals surface area contributed by atoms with Gasteiger partial charge < -0.3 is 31.7 Å². The number of rotatable bonds is 12. The molecule has 1 aliphatic carbocycles. The van der Waals surface area contributed by atoms with Crippen LogP contribution >= 0.6 is 7.37 Å². The molecular weight excluding hydrogens is 411 g/mol. The summed E-state index contributed by atoms with van der Waals surface area (Å²) >= 11 is 0. The predicted octanol–water partition coefficient (Wildman–Crippen LogP) is -0.470. The Hall–Kier alpha value is -1.48. The van der Waals surface area contributed by atoms with E-state index in [-0.39, 0.29) is 43.8 Å². The third kappa shape index (κ3) is 10.5. The Balaban J connectivity index is 2.46. The number of carbonyl (C=O) groups is 3. The number of aliphatic hydroxyl groups excluding tert-OH is 1. The summed E-state index contributed by atoms with van der Waals surface area (Å²) in [6, 6.07) is -0.873. The van der Waals surface area contributed by atoms with Gasteiger partial charge in [0.2, 0.25) is 25.1 Å². The Bertz CT molecular complexity index is 624. The van der Waals surface area contributed by atoms with Crippen molar-refractivity contribution in [3.05, 3.63) is 0 Å². The van der Waals surface area contributed by atoms with E-state index in [2.05, 4.69) is 16.0 Å². The number of amides is 3. The van der Waals surface area contributed by atoms with E-state index >= 15 is 0 Å². The maximum absolute atomic E-state index is 12.5. The van der Waals surface area contributed by atoms with Crippen molar-refractivity contribution in [3.63, 3.8) is 0 Å². The highest BCUT2D eigenvalue weighted by Crippen LogP contribution is 2.45. The first-order valence-corrected chi connectivity index (χ1v) is 12.6. The molecule has 0 aromatic heterocycles. The lowest BCUT2D eigenvalue weighted by molar-refractivity contribution is -0.130. The monoisotopic (exact) mass is 448 g/mol. The molecular formula is C19H37N4O6P. The topological polar surface area (TPSA) is 171 Å². The number of nitrogens with one attached hydrogen (secondary N) is 3. The van der Waals surface area contributed by atoms with Crippen LogP contribution in [0, 0.1) is 11.8 Å². The molecule has 0 aliphatic heterocycles. The van der Waals surface area contributed by atoms with Gasteiger partial charge in [-0.05, 0) is 24.7 Å². The van der Waals surface area contributed by atoms with Crippen LogP contribution in [0.2, 0.25) is 0 Å². The summed E-state index contributed by atoms with van der Waals surface area (Å²) in [6.45, 7) is 2.76. The molecule has 7 N–H and O–H groups in total. The van der Waals surface area contributed by atoms with Gasteiger partial charge in [-0.3, -0.25) is 18.9 Å². The molecule has 0 heterocycles. The van der Waals surface area contributed by atoms with Crippen molar-refractivity contribution < 1.29 is 28.9 Å². The highest BCUT2D eigenvalue weighted by molar-refractivity contribution is 7.58. The van der Waals surface area contributed by atoms with Crippen molar-refractivity contribution in [2.75, 3.05) is 32.0 Å². The summed E-state index contributed by atoms with van der Waals surface area (Å²) in [5.41, 5.74) is 5.15. The highest BCUT2D eigenvalue weighted by atomic mass is 31.2. The van der Waals surface area contributed by atoms with Crippen LogP contribution < -0.4 is 21.7 Å². The van der Waals surface area contributed by atoms with Gasteiger partial charge in [-0.1, -0.05) is 33.1 Å². The summed E-state index contributed by atoms with van der Waals surface area (Å²) in [5.74, 6) is -1.56. The lowest BCUT2D eigenvalue weighted by atomic mass is 9.91. The molecule has 174 valence electrons. The van der Waals surface area contributed by atoms with Crippen molar-refractivity contribution in [3.8, 4) is 0 Å². The summed E-state index contributed by atoms with van der Waals surface area (Å²) in [7, 11) is -3.49. The minimum Gasteiger partial charge on any atom is -0.391 e. The van der Waals surface area contributed by atoms with E-state index in [0.717, 1.165) is 32.1 Å². The maximum atomic E-state index is 12.5. The quantitative estimate of drug-likeness (QED) is 0.219. The lowest BCUT2D eigenvalue weighted by Gasteiger charge is -2.26. The van der Waals surface area contributed by atoms with E-state index in [9.17, 15) is 28.9 Å². The number of aliphatic hydroxyl groups is 1. The van der Waals surface area contributed by atoms with E-state index in [4.69, 9.17) is 5.73 Å². The summed E-state index contributed by atoms with van der Waals surface area (Å²) in [4.78, 5) is 45.7. The normalized spacial score (nSPS) is 18.9. The van der Waals surface area contributed by atoms with Crippen LogP contribution in [0.1, 0.15) is 46.0 Å². The number of hydrogen-bond acceptors (Lipinski definition) is 6.